The van der Waals surface area contributed by atoms with Crippen molar-refractivity contribution in [2.75, 3.05) is 40.5 Å². The Morgan fingerprint density at radius 1 is 1.11 bits per heavy atom. The number of oxime groups is 1. The molecule has 2 aromatic heterocycles. The molecule has 2 aliphatic rings. The summed E-state index contributed by atoms with van der Waals surface area (Å²) in [5.74, 6) is 4.80. The van der Waals surface area contributed by atoms with E-state index in [2.05, 4.69) is 21.0 Å². The topological polar surface area (TPSA) is 81.5 Å². The van der Waals surface area contributed by atoms with Crippen molar-refractivity contribution >= 4 is 16.6 Å². The smallest absolute Gasteiger partial charge is 0.215 e. The first-order valence-corrected chi connectivity index (χ1v) is 11.7. The molecule has 6 rings (SSSR count). The van der Waals surface area contributed by atoms with Crippen molar-refractivity contribution in [1.29, 1.82) is 0 Å². The van der Waals surface area contributed by atoms with E-state index in [4.69, 9.17) is 29.9 Å². The molecule has 0 fully saturated rings. The average Bonchev–Trinajstić information content (AvgIpc) is 3.60. The molecule has 182 valence electrons. The molecule has 1 aliphatic heterocycles. The molecule has 1 aliphatic carbocycles. The minimum Gasteiger partial charge on any atom is -0.492 e. The maximum Gasteiger partial charge on any atom is 0.215 e. The van der Waals surface area contributed by atoms with Crippen LogP contribution in [-0.4, -0.2) is 56.1 Å². The molecule has 0 saturated heterocycles. The Balaban J connectivity index is 1.45. The molecule has 0 amide bonds. The van der Waals surface area contributed by atoms with Crippen molar-refractivity contribution in [2.45, 2.75) is 6.10 Å². The van der Waals surface area contributed by atoms with E-state index in [9.17, 15) is 0 Å². The Kier molecular flexibility index (Phi) is 5.55. The zero-order valence-electron chi connectivity index (χ0n) is 20.0. The van der Waals surface area contributed by atoms with Gasteiger partial charge in [-0.2, -0.15) is 0 Å². The van der Waals surface area contributed by atoms with Gasteiger partial charge in [0.1, 0.15) is 31.3 Å². The molecular formula is C28H25N3O5. The lowest BCUT2D eigenvalue weighted by molar-refractivity contribution is 0.0996. The van der Waals surface area contributed by atoms with E-state index in [1.165, 1.54) is 0 Å². The van der Waals surface area contributed by atoms with Gasteiger partial charge in [-0.15, -0.1) is 6.42 Å². The molecule has 0 saturated carbocycles. The Morgan fingerprint density at radius 2 is 1.92 bits per heavy atom. The minimum absolute atomic E-state index is 0.496. The zero-order chi connectivity index (χ0) is 24.6. The van der Waals surface area contributed by atoms with Crippen LogP contribution in [0.25, 0.3) is 22.2 Å². The van der Waals surface area contributed by atoms with Gasteiger partial charge in [-0.3, -0.25) is 0 Å². The number of nitrogens with one attached hydrogen (secondary N) is 1. The van der Waals surface area contributed by atoms with Crippen LogP contribution < -0.4 is 14.2 Å². The van der Waals surface area contributed by atoms with Gasteiger partial charge >= 0.3 is 0 Å². The highest BCUT2D eigenvalue weighted by Gasteiger charge is 2.33. The Hall–Kier alpha value is -4.35. The van der Waals surface area contributed by atoms with Crippen molar-refractivity contribution in [3.63, 3.8) is 0 Å². The third-order valence-corrected chi connectivity index (χ3v) is 6.27. The van der Waals surface area contributed by atoms with Crippen LogP contribution in [0.1, 0.15) is 22.8 Å². The molecular weight excluding hydrogens is 458 g/mol. The summed E-state index contributed by atoms with van der Waals surface area (Å²) < 4.78 is 22.9. The van der Waals surface area contributed by atoms with Gasteiger partial charge in [0.15, 0.2) is 11.5 Å². The van der Waals surface area contributed by atoms with Gasteiger partial charge in [0.05, 0.1) is 18.2 Å². The summed E-state index contributed by atoms with van der Waals surface area (Å²) in [4.78, 5) is 11.5. The van der Waals surface area contributed by atoms with Gasteiger partial charge in [-0.25, -0.2) is 0 Å². The number of furan rings is 1. The summed E-state index contributed by atoms with van der Waals surface area (Å²) in [5, 5.41) is 5.57. The van der Waals surface area contributed by atoms with Crippen LogP contribution in [0.2, 0.25) is 0 Å². The number of H-pyrrole nitrogens is 1. The number of benzene rings is 2. The largest absolute Gasteiger partial charge is 0.492 e. The van der Waals surface area contributed by atoms with Crippen LogP contribution in [0.3, 0.4) is 0 Å². The fourth-order valence-electron chi connectivity index (χ4n) is 4.49. The van der Waals surface area contributed by atoms with Crippen LogP contribution >= 0.6 is 0 Å². The lowest BCUT2D eigenvalue weighted by atomic mass is 10.1. The Morgan fingerprint density at radius 3 is 2.64 bits per heavy atom. The highest BCUT2D eigenvalue weighted by molar-refractivity contribution is 6.30. The molecule has 8 nitrogen and oxygen atoms in total. The van der Waals surface area contributed by atoms with Crippen molar-refractivity contribution in [3.05, 3.63) is 65.6 Å². The second kappa shape index (κ2) is 9.02. The van der Waals surface area contributed by atoms with Gasteiger partial charge in [0.25, 0.3) is 0 Å². The number of rotatable bonds is 7. The summed E-state index contributed by atoms with van der Waals surface area (Å²) in [6.07, 6.45) is 8.17. The van der Waals surface area contributed by atoms with Crippen LogP contribution in [0.15, 0.2) is 58.5 Å². The second-order valence-electron chi connectivity index (χ2n) is 8.92. The summed E-state index contributed by atoms with van der Waals surface area (Å²) in [5.41, 5.74) is 6.05. The molecule has 36 heavy (non-hydrogen) atoms. The summed E-state index contributed by atoms with van der Waals surface area (Å²) >= 11 is 0. The first-order chi connectivity index (χ1) is 17.6. The van der Waals surface area contributed by atoms with Crippen LogP contribution in [0.4, 0.5) is 0 Å². The third-order valence-electron chi connectivity index (χ3n) is 6.27. The lowest BCUT2D eigenvalue weighted by Gasteiger charge is -2.19. The first-order valence-electron chi connectivity index (χ1n) is 11.7. The number of hydrogen-bond acceptors (Lipinski definition) is 7. The number of nitrogens with zero attached hydrogens (tertiary/aromatic N) is 2. The normalized spacial score (nSPS) is 15.6. The predicted molar refractivity (Wildman–Crippen MR) is 136 cm³/mol. The molecule has 1 N–H and O–H groups in total. The Labute approximate surface area is 208 Å². The van der Waals surface area contributed by atoms with Crippen molar-refractivity contribution in [2.24, 2.45) is 5.16 Å². The van der Waals surface area contributed by atoms with Gasteiger partial charge in [-0.05, 0) is 50.5 Å². The molecule has 0 radical (unpaired) electrons. The van der Waals surface area contributed by atoms with Gasteiger partial charge in [-0.1, -0.05) is 11.1 Å². The van der Waals surface area contributed by atoms with Gasteiger partial charge in [0.2, 0.25) is 6.10 Å². The first kappa shape index (κ1) is 22.1. The lowest BCUT2D eigenvalue weighted by Crippen LogP contribution is -2.19. The number of hydrogen-bond donors (Lipinski definition) is 1. The number of aromatic amines is 1. The molecule has 1 atom stereocenters. The standard InChI is InChI=1S/C28H25N3O5/c1-4-23(17-7-9-32-16-17)36-30-28-20-15-25-24(34-11-12-35-25)14-19(20)27-26(28)21-13-18(5-6-22(21)29-27)33-10-8-31(2)3/h1,5-7,9,13-16,23,29H,8,10-12H2,2-3H3/b30-28-. The molecule has 1 unspecified atom stereocenters. The van der Waals surface area contributed by atoms with Crippen LogP contribution in [0.5, 0.6) is 17.2 Å². The maximum atomic E-state index is 6.01. The average molecular weight is 484 g/mol. The number of aromatic nitrogens is 1. The van der Waals surface area contributed by atoms with E-state index in [1.54, 1.807) is 18.6 Å². The van der Waals surface area contributed by atoms with E-state index < -0.39 is 6.10 Å². The molecule has 4 aromatic rings. The minimum atomic E-state index is -0.684. The van der Waals surface area contributed by atoms with Crippen LogP contribution in [-0.2, 0) is 4.84 Å². The number of fused-ring (bicyclic) bond motifs is 6. The fourth-order valence-corrected chi connectivity index (χ4v) is 4.49. The molecule has 0 spiro atoms. The quantitative estimate of drug-likeness (QED) is 0.269. The van der Waals surface area contributed by atoms with Crippen LogP contribution in [0, 0.1) is 12.3 Å². The Bertz CT molecular complexity index is 1490. The third kappa shape index (κ3) is 3.84. The number of ether oxygens (including phenoxy) is 3. The SMILES string of the molecule is C#CC(O/N=C1/c2cc3c(cc2-c2[nH]c4ccc(OCCN(C)C)cc4c21)OCCO3)c1ccoc1. The maximum absolute atomic E-state index is 6.01. The van der Waals surface area contributed by atoms with E-state index in [-0.39, 0.29) is 0 Å². The van der Waals surface area contributed by atoms with E-state index >= 15 is 0 Å². The molecule has 2 aromatic carbocycles. The summed E-state index contributed by atoms with van der Waals surface area (Å²) in [6, 6.07) is 11.7. The van der Waals surface area contributed by atoms with Gasteiger partial charge in [0, 0.05) is 39.7 Å². The summed E-state index contributed by atoms with van der Waals surface area (Å²) in [7, 11) is 4.04. The highest BCUT2D eigenvalue weighted by atomic mass is 16.6. The fraction of sp³-hybridized carbons (Fsp3) is 0.250. The van der Waals surface area contributed by atoms with Gasteiger partial charge < -0.3 is 33.3 Å². The number of terminal acetylenes is 1. The molecule has 8 heteroatoms. The molecule has 0 bridgehead atoms. The summed E-state index contributed by atoms with van der Waals surface area (Å²) in [6.45, 7) is 2.42. The monoisotopic (exact) mass is 483 g/mol. The van der Waals surface area contributed by atoms with E-state index in [0.29, 0.717) is 37.0 Å². The van der Waals surface area contributed by atoms with Crippen molar-refractivity contribution in [3.8, 4) is 40.8 Å². The second-order valence-corrected chi connectivity index (χ2v) is 8.92. The van der Waals surface area contributed by atoms with Crippen molar-refractivity contribution < 1.29 is 23.5 Å². The number of likely N-dealkylation sites (N-methyl/N-ethyl adjacent to an activating group) is 1. The van der Waals surface area contributed by atoms with Crippen molar-refractivity contribution in [1.82, 2.24) is 9.88 Å². The highest BCUT2D eigenvalue weighted by Crippen LogP contribution is 2.46. The molecule has 3 heterocycles. The van der Waals surface area contributed by atoms with E-state index in [1.807, 2.05) is 44.4 Å². The van der Waals surface area contributed by atoms with E-state index in [0.717, 1.165) is 51.1 Å². The predicted octanol–water partition coefficient (Wildman–Crippen LogP) is 4.60. The zero-order valence-corrected chi connectivity index (χ0v) is 20.0.